The third-order valence-corrected chi connectivity index (χ3v) is 2.28. The van der Waals surface area contributed by atoms with Crippen molar-refractivity contribution in [3.05, 3.63) is 35.9 Å². The summed E-state index contributed by atoms with van der Waals surface area (Å²) in [6.07, 6.45) is 0.973. The molecule has 0 radical (unpaired) electrons. The molecule has 0 aliphatic rings. The van der Waals surface area contributed by atoms with Crippen LogP contribution in [0.25, 0.3) is 0 Å². The average molecular weight is 285 g/mol. The van der Waals surface area contributed by atoms with Crippen molar-refractivity contribution in [1.29, 1.82) is 0 Å². The summed E-state index contributed by atoms with van der Waals surface area (Å²) in [7, 11) is -5.84. The molecule has 0 heterocycles. The van der Waals surface area contributed by atoms with Gasteiger partial charge < -0.3 is 5.73 Å². The first-order chi connectivity index (χ1) is 8.04. The first-order valence-electron chi connectivity index (χ1n) is 4.87. The predicted octanol–water partition coefficient (Wildman–Crippen LogP) is 1.97. The van der Waals surface area contributed by atoms with Gasteiger partial charge in [-0.1, -0.05) is 30.3 Å². The van der Waals surface area contributed by atoms with Crippen molar-refractivity contribution in [2.24, 2.45) is 5.73 Å². The number of hydrogen-bond acceptors (Lipinski definition) is 3. The lowest BCUT2D eigenvalue weighted by molar-refractivity contribution is -0.0510. The van der Waals surface area contributed by atoms with Crippen molar-refractivity contribution < 1.29 is 26.1 Å². The number of rotatable bonds is 2. The van der Waals surface area contributed by atoms with Crippen LogP contribution in [-0.2, 0) is 16.5 Å². The summed E-state index contributed by atoms with van der Waals surface area (Å²) in [4.78, 5) is 0. The number of halogens is 3. The summed E-state index contributed by atoms with van der Waals surface area (Å²) in [5.74, 6) is 0. The Balaban J connectivity index is 0.000000331. The Morgan fingerprint density at radius 2 is 1.67 bits per heavy atom. The minimum atomic E-state index is -5.84. The van der Waals surface area contributed by atoms with E-state index in [1.807, 2.05) is 25.1 Å². The van der Waals surface area contributed by atoms with Crippen LogP contribution in [0.5, 0.6) is 0 Å². The first kappa shape index (κ1) is 16.9. The second-order valence-corrected chi connectivity index (χ2v) is 5.00. The highest BCUT2D eigenvalue weighted by Crippen LogP contribution is 2.20. The van der Waals surface area contributed by atoms with Crippen molar-refractivity contribution >= 4 is 10.1 Å². The molecule has 0 saturated heterocycles. The average Bonchev–Trinajstić information content (AvgIpc) is 2.15. The minimum absolute atomic E-state index is 0.266. The third kappa shape index (κ3) is 7.25. The monoisotopic (exact) mass is 285 g/mol. The van der Waals surface area contributed by atoms with Gasteiger partial charge in [0.1, 0.15) is 0 Å². The van der Waals surface area contributed by atoms with Gasteiger partial charge in [0.25, 0.3) is 0 Å². The molecular formula is C10H14F3NO3S. The highest BCUT2D eigenvalue weighted by molar-refractivity contribution is 7.86. The van der Waals surface area contributed by atoms with E-state index in [1.165, 1.54) is 5.56 Å². The van der Waals surface area contributed by atoms with Crippen LogP contribution in [-0.4, -0.2) is 24.5 Å². The molecule has 1 rings (SSSR count). The van der Waals surface area contributed by atoms with E-state index in [0.29, 0.717) is 0 Å². The number of nitrogens with two attached hydrogens (primary N) is 1. The summed E-state index contributed by atoms with van der Waals surface area (Å²) in [5, 5.41) is 0. The SMILES string of the molecule is CC(N)Cc1ccccc1.O=S(=O)(O)C(F)(F)F. The maximum absolute atomic E-state index is 10.7. The summed E-state index contributed by atoms with van der Waals surface area (Å²) in [6, 6.07) is 10.6. The topological polar surface area (TPSA) is 80.4 Å². The van der Waals surface area contributed by atoms with Crippen molar-refractivity contribution in [3.63, 3.8) is 0 Å². The first-order valence-corrected chi connectivity index (χ1v) is 6.31. The predicted molar refractivity (Wildman–Crippen MR) is 61.4 cm³/mol. The Morgan fingerprint density at radius 1 is 1.28 bits per heavy atom. The lowest BCUT2D eigenvalue weighted by Crippen LogP contribution is -2.21. The van der Waals surface area contributed by atoms with Crippen LogP contribution < -0.4 is 5.73 Å². The molecule has 0 aromatic heterocycles. The zero-order valence-corrected chi connectivity index (χ0v) is 10.4. The molecule has 0 amide bonds. The van der Waals surface area contributed by atoms with Gasteiger partial charge in [0, 0.05) is 6.04 Å². The maximum atomic E-state index is 10.7. The van der Waals surface area contributed by atoms with Crippen molar-refractivity contribution in [1.82, 2.24) is 0 Å². The van der Waals surface area contributed by atoms with Gasteiger partial charge in [-0.05, 0) is 18.9 Å². The summed E-state index contributed by atoms with van der Waals surface area (Å²) >= 11 is 0. The molecule has 0 fully saturated rings. The third-order valence-electron chi connectivity index (χ3n) is 1.69. The molecule has 18 heavy (non-hydrogen) atoms. The molecule has 0 bridgehead atoms. The maximum Gasteiger partial charge on any atom is 0.522 e. The van der Waals surface area contributed by atoms with Crippen LogP contribution >= 0.6 is 0 Å². The zero-order chi connectivity index (χ0) is 14.4. The molecule has 104 valence electrons. The fourth-order valence-electron chi connectivity index (χ4n) is 0.986. The second-order valence-electron chi connectivity index (χ2n) is 3.59. The molecule has 0 aliphatic carbocycles. The molecule has 3 N–H and O–H groups in total. The molecule has 0 aliphatic heterocycles. The van der Waals surface area contributed by atoms with Crippen molar-refractivity contribution in [2.45, 2.75) is 24.9 Å². The van der Waals surface area contributed by atoms with E-state index in [1.54, 1.807) is 0 Å². The molecular weight excluding hydrogens is 271 g/mol. The van der Waals surface area contributed by atoms with Crippen LogP contribution in [0.2, 0.25) is 0 Å². The highest BCUT2D eigenvalue weighted by Gasteiger charge is 2.44. The molecule has 1 atom stereocenters. The Labute approximate surface area is 103 Å². The molecule has 0 spiro atoms. The van der Waals surface area contributed by atoms with Gasteiger partial charge in [-0.2, -0.15) is 21.6 Å². The highest BCUT2D eigenvalue weighted by atomic mass is 32.2. The Hall–Kier alpha value is -1.12. The van der Waals surface area contributed by atoms with Crippen LogP contribution in [0.4, 0.5) is 13.2 Å². The van der Waals surface area contributed by atoms with Gasteiger partial charge in [-0.25, -0.2) is 0 Å². The lowest BCUT2D eigenvalue weighted by Gasteiger charge is -2.02. The molecule has 0 saturated carbocycles. The van der Waals surface area contributed by atoms with E-state index in [-0.39, 0.29) is 6.04 Å². The van der Waals surface area contributed by atoms with Gasteiger partial charge in [0.05, 0.1) is 0 Å². The van der Waals surface area contributed by atoms with Crippen molar-refractivity contribution in [3.8, 4) is 0 Å². The summed E-state index contributed by atoms with van der Waals surface area (Å²) < 4.78 is 57.5. The van der Waals surface area contributed by atoms with E-state index in [4.69, 9.17) is 18.7 Å². The van der Waals surface area contributed by atoms with E-state index in [0.717, 1.165) is 6.42 Å². The van der Waals surface area contributed by atoms with Gasteiger partial charge in [-0.15, -0.1) is 0 Å². The smallest absolute Gasteiger partial charge is 0.328 e. The van der Waals surface area contributed by atoms with E-state index >= 15 is 0 Å². The molecule has 8 heteroatoms. The zero-order valence-electron chi connectivity index (χ0n) is 9.55. The normalized spacial score (nSPS) is 13.4. The summed E-state index contributed by atoms with van der Waals surface area (Å²) in [6.45, 7) is 2.02. The van der Waals surface area contributed by atoms with E-state index < -0.39 is 15.6 Å². The van der Waals surface area contributed by atoms with Gasteiger partial charge in [0.15, 0.2) is 0 Å². The largest absolute Gasteiger partial charge is 0.522 e. The van der Waals surface area contributed by atoms with Gasteiger partial charge in [0.2, 0.25) is 0 Å². The molecule has 1 unspecified atom stereocenters. The summed E-state index contributed by atoms with van der Waals surface area (Å²) in [5.41, 5.74) is 1.41. The van der Waals surface area contributed by atoms with Gasteiger partial charge in [-0.3, -0.25) is 4.55 Å². The Kier molecular flexibility index (Phi) is 6.30. The molecule has 4 nitrogen and oxygen atoms in total. The standard InChI is InChI=1S/C9H13N.CHF3O3S/c1-8(10)7-9-5-3-2-4-6-9;2-1(3,4)8(5,6)7/h2-6,8H,7,10H2,1H3;(H,5,6,7). The van der Waals surface area contributed by atoms with E-state index in [2.05, 4.69) is 12.1 Å². The van der Waals surface area contributed by atoms with Crippen LogP contribution in [0, 0.1) is 0 Å². The fraction of sp³-hybridized carbons (Fsp3) is 0.400. The van der Waals surface area contributed by atoms with Crippen LogP contribution in [0.15, 0.2) is 30.3 Å². The fourth-order valence-corrected chi connectivity index (χ4v) is 0.986. The number of benzene rings is 1. The van der Waals surface area contributed by atoms with E-state index in [9.17, 15) is 13.2 Å². The minimum Gasteiger partial charge on any atom is -0.328 e. The number of hydrogen-bond donors (Lipinski definition) is 2. The Morgan fingerprint density at radius 3 is 1.94 bits per heavy atom. The molecule has 1 aromatic carbocycles. The Bertz CT molecular complexity index is 443. The number of alkyl halides is 3. The van der Waals surface area contributed by atoms with Crippen molar-refractivity contribution in [2.75, 3.05) is 0 Å². The van der Waals surface area contributed by atoms with Crippen LogP contribution in [0.1, 0.15) is 12.5 Å². The quantitative estimate of drug-likeness (QED) is 0.643. The van der Waals surface area contributed by atoms with Gasteiger partial charge >= 0.3 is 15.6 Å². The molecule has 1 aromatic rings. The lowest BCUT2D eigenvalue weighted by atomic mass is 10.1. The second kappa shape index (κ2) is 6.72. The van der Waals surface area contributed by atoms with Crippen LogP contribution in [0.3, 0.4) is 0 Å².